The molecule has 0 radical (unpaired) electrons. The molecule has 2 aliphatic carbocycles. The van der Waals surface area contributed by atoms with Gasteiger partial charge in [-0.3, -0.25) is 0 Å². The van der Waals surface area contributed by atoms with E-state index in [0.29, 0.717) is 61.9 Å². The van der Waals surface area contributed by atoms with Gasteiger partial charge in [-0.2, -0.15) is 0 Å². The van der Waals surface area contributed by atoms with Gasteiger partial charge in [-0.15, -0.1) is 0 Å². The molecule has 10 nitrogen and oxygen atoms in total. The topological polar surface area (TPSA) is 124 Å². The summed E-state index contributed by atoms with van der Waals surface area (Å²) in [7, 11) is 0. The molecule has 0 unspecified atom stereocenters. The molecule has 0 heterocycles. The Bertz CT molecular complexity index is 1460. The highest BCUT2D eigenvalue weighted by Gasteiger charge is 2.16. The van der Waals surface area contributed by atoms with Gasteiger partial charge < -0.3 is 28.4 Å². The molecular weight excluding hydrogens is 640 g/mol. The number of esters is 4. The monoisotopic (exact) mass is 688 g/mol. The van der Waals surface area contributed by atoms with Gasteiger partial charge in [0, 0.05) is 30.6 Å². The maximum Gasteiger partial charge on any atom is 0.343 e. The van der Waals surface area contributed by atoms with Crippen LogP contribution in [0.4, 0.5) is 0 Å². The second-order valence-corrected chi connectivity index (χ2v) is 11.6. The summed E-state index contributed by atoms with van der Waals surface area (Å²) in [6, 6.07) is 6.33. The molecule has 0 atom stereocenters. The minimum absolute atomic E-state index is 0.322. The van der Waals surface area contributed by atoms with Crippen LogP contribution in [0.25, 0.3) is 0 Å². The van der Waals surface area contributed by atoms with Crippen LogP contribution in [0.2, 0.25) is 0 Å². The summed E-state index contributed by atoms with van der Waals surface area (Å²) in [4.78, 5) is 47.7. The number of hydrogen-bond donors (Lipinski definition) is 0. The number of rotatable bonds is 22. The number of carbonyl (C=O) groups is 4. The smallest absolute Gasteiger partial charge is 0.343 e. The maximum absolute atomic E-state index is 12.8. The fraction of sp³-hybridized carbons (Fsp3) is 0.400. The fourth-order valence-corrected chi connectivity index (χ4v) is 4.85. The molecule has 0 aromatic heterocycles. The van der Waals surface area contributed by atoms with E-state index >= 15 is 0 Å². The summed E-state index contributed by atoms with van der Waals surface area (Å²) in [5, 5.41) is 0. The zero-order valence-corrected chi connectivity index (χ0v) is 28.7. The minimum Gasteiger partial charge on any atom is -0.498 e. The van der Waals surface area contributed by atoms with E-state index in [0.717, 1.165) is 87.9 Å². The van der Waals surface area contributed by atoms with Crippen LogP contribution >= 0.6 is 0 Å². The fourth-order valence-electron chi connectivity index (χ4n) is 4.85. The van der Waals surface area contributed by atoms with Gasteiger partial charge in [-0.05, 0) is 113 Å². The number of allylic oxidation sites excluding steroid dienone is 6. The average Bonchev–Trinajstić information content (AvgIpc) is 3.52. The van der Waals surface area contributed by atoms with E-state index in [9.17, 15) is 19.2 Å². The van der Waals surface area contributed by atoms with Gasteiger partial charge >= 0.3 is 23.9 Å². The maximum atomic E-state index is 12.8. The average molecular weight is 689 g/mol. The van der Waals surface area contributed by atoms with Crippen LogP contribution in [0, 0.1) is 0 Å². The van der Waals surface area contributed by atoms with Crippen LogP contribution in [0.1, 0.15) is 77.0 Å². The molecule has 0 amide bonds. The number of unbranched alkanes of at least 4 members (excludes halogenated alkanes) is 6. The van der Waals surface area contributed by atoms with Gasteiger partial charge in [0.2, 0.25) is 0 Å². The quantitative estimate of drug-likeness (QED) is 0.0514. The highest BCUT2D eigenvalue weighted by Crippen LogP contribution is 2.24. The van der Waals surface area contributed by atoms with Crippen LogP contribution in [0.3, 0.4) is 0 Å². The van der Waals surface area contributed by atoms with Crippen molar-refractivity contribution in [1.29, 1.82) is 0 Å². The molecule has 2 aliphatic rings. The molecule has 0 fully saturated rings. The van der Waals surface area contributed by atoms with E-state index in [2.05, 4.69) is 13.2 Å². The lowest BCUT2D eigenvalue weighted by atomic mass is 10.1. The van der Waals surface area contributed by atoms with E-state index in [1.54, 1.807) is 48.6 Å². The van der Waals surface area contributed by atoms with Crippen LogP contribution in [0.15, 0.2) is 109 Å². The number of ether oxygens (including phenoxy) is 6. The summed E-state index contributed by atoms with van der Waals surface area (Å²) in [6.07, 6.45) is 22.7. The van der Waals surface area contributed by atoms with Crippen molar-refractivity contribution in [3.63, 3.8) is 0 Å². The molecule has 10 heteroatoms. The molecule has 0 bridgehead atoms. The largest absolute Gasteiger partial charge is 0.498 e. The molecule has 0 spiro atoms. The van der Waals surface area contributed by atoms with Gasteiger partial charge in [-0.1, -0.05) is 25.3 Å². The highest BCUT2D eigenvalue weighted by molar-refractivity contribution is 5.93. The second-order valence-electron chi connectivity index (χ2n) is 11.6. The first-order chi connectivity index (χ1) is 24.4. The lowest BCUT2D eigenvalue weighted by Crippen LogP contribution is -2.11. The third-order valence-corrected chi connectivity index (χ3v) is 7.62. The molecule has 268 valence electrons. The van der Waals surface area contributed by atoms with Gasteiger partial charge in [0.05, 0.1) is 43.5 Å². The Kier molecular flexibility index (Phi) is 18.3. The van der Waals surface area contributed by atoms with Gasteiger partial charge in [0.25, 0.3) is 0 Å². The SMILES string of the molecule is C=CC(=O)OCCCCCCOC1=CC=C(C(=O)Oc2ccc(OC(=O)C3=CC=C(OCCCCCCOC(=O)C=C)CCC3)cc2)C=CC1. The predicted molar refractivity (Wildman–Crippen MR) is 189 cm³/mol. The number of benzene rings is 1. The number of carbonyl (C=O) groups excluding carboxylic acids is 4. The Morgan fingerprint density at radius 2 is 1.12 bits per heavy atom. The van der Waals surface area contributed by atoms with Crippen molar-refractivity contribution < 1.29 is 47.6 Å². The van der Waals surface area contributed by atoms with Crippen molar-refractivity contribution in [2.45, 2.75) is 77.0 Å². The van der Waals surface area contributed by atoms with Crippen LogP contribution in [-0.2, 0) is 38.1 Å². The van der Waals surface area contributed by atoms with Crippen molar-refractivity contribution in [2.75, 3.05) is 26.4 Å². The zero-order valence-electron chi connectivity index (χ0n) is 28.7. The third-order valence-electron chi connectivity index (χ3n) is 7.62. The van der Waals surface area contributed by atoms with E-state index < -0.39 is 23.9 Å². The van der Waals surface area contributed by atoms with Crippen LogP contribution in [-0.4, -0.2) is 50.3 Å². The van der Waals surface area contributed by atoms with Gasteiger partial charge in [0.1, 0.15) is 11.5 Å². The Labute approximate surface area is 294 Å². The lowest BCUT2D eigenvalue weighted by Gasteiger charge is -2.09. The van der Waals surface area contributed by atoms with E-state index in [1.807, 2.05) is 12.2 Å². The first-order valence-electron chi connectivity index (χ1n) is 17.2. The molecule has 1 aromatic rings. The van der Waals surface area contributed by atoms with Crippen LogP contribution in [0.5, 0.6) is 11.5 Å². The summed E-state index contributed by atoms with van der Waals surface area (Å²) >= 11 is 0. The van der Waals surface area contributed by atoms with E-state index in [-0.39, 0.29) is 0 Å². The molecule has 0 saturated heterocycles. The summed E-state index contributed by atoms with van der Waals surface area (Å²) in [6.45, 7) is 8.67. The van der Waals surface area contributed by atoms with Crippen molar-refractivity contribution in [3.05, 3.63) is 109 Å². The zero-order chi connectivity index (χ0) is 35.8. The summed E-state index contributed by atoms with van der Waals surface area (Å²) in [5.41, 5.74) is 0.939. The second kappa shape index (κ2) is 23.3. The van der Waals surface area contributed by atoms with Crippen molar-refractivity contribution >= 4 is 23.9 Å². The highest BCUT2D eigenvalue weighted by atomic mass is 16.5. The predicted octanol–water partition coefficient (Wildman–Crippen LogP) is 7.87. The Balaban J connectivity index is 1.36. The van der Waals surface area contributed by atoms with Gasteiger partial charge in [0.15, 0.2) is 0 Å². The first kappa shape index (κ1) is 39.3. The van der Waals surface area contributed by atoms with E-state index in [1.165, 1.54) is 0 Å². The van der Waals surface area contributed by atoms with Crippen molar-refractivity contribution in [1.82, 2.24) is 0 Å². The number of hydrogen-bond acceptors (Lipinski definition) is 10. The Hall–Kier alpha value is -5.12. The first-order valence-corrected chi connectivity index (χ1v) is 17.2. The molecule has 0 N–H and O–H groups in total. The molecule has 1 aromatic carbocycles. The van der Waals surface area contributed by atoms with E-state index in [4.69, 9.17) is 28.4 Å². The Morgan fingerprint density at radius 3 is 1.70 bits per heavy atom. The standard InChI is InChI=1S/C40H48O10/c1-3-37(41)47-29-11-7-5-9-27-45-33-17-13-15-31(19-21-33)39(43)49-35-23-25-36(26-24-35)50-40(44)32-16-14-18-34(22-20-32)46-28-10-6-8-12-30-48-38(42)4-2/h3-4,13,15,19-26H,1-2,5-12,14,16-18,27-30H2. The summed E-state index contributed by atoms with van der Waals surface area (Å²) in [5.74, 6) is 0.511. The minimum atomic E-state index is -0.513. The third kappa shape index (κ3) is 15.9. The normalized spacial score (nSPS) is 13.9. The lowest BCUT2D eigenvalue weighted by molar-refractivity contribution is -0.138. The molecule has 0 saturated carbocycles. The molecule has 3 rings (SSSR count). The molecule has 0 aliphatic heterocycles. The van der Waals surface area contributed by atoms with Crippen molar-refractivity contribution in [2.24, 2.45) is 0 Å². The Morgan fingerprint density at radius 1 is 0.600 bits per heavy atom. The summed E-state index contributed by atoms with van der Waals surface area (Å²) < 4.78 is 32.8. The van der Waals surface area contributed by atoms with Gasteiger partial charge in [-0.25, -0.2) is 19.2 Å². The van der Waals surface area contributed by atoms with Crippen LogP contribution < -0.4 is 9.47 Å². The molecule has 50 heavy (non-hydrogen) atoms. The molecular formula is C40H48O10. The van der Waals surface area contributed by atoms with Crippen molar-refractivity contribution in [3.8, 4) is 11.5 Å².